The summed E-state index contributed by atoms with van der Waals surface area (Å²) in [5, 5.41) is 18.9. The van der Waals surface area contributed by atoms with Gasteiger partial charge in [-0.25, -0.2) is 19.0 Å². The lowest BCUT2D eigenvalue weighted by Gasteiger charge is -2.26. The number of fused-ring (bicyclic) bond motifs is 1. The number of rotatable bonds is 18. The summed E-state index contributed by atoms with van der Waals surface area (Å²) in [5.74, 6) is -2.05. The number of ether oxygens (including phenoxy) is 6. The second kappa shape index (κ2) is 18.6. The molecule has 0 aliphatic carbocycles. The van der Waals surface area contributed by atoms with Crippen molar-refractivity contribution in [3.05, 3.63) is 69.0 Å². The summed E-state index contributed by atoms with van der Waals surface area (Å²) in [4.78, 5) is 62.6. The van der Waals surface area contributed by atoms with Crippen LogP contribution in [-0.4, -0.2) is 144 Å². The van der Waals surface area contributed by atoms with Gasteiger partial charge in [-0.3, -0.25) is 14.5 Å². The fourth-order valence-corrected chi connectivity index (χ4v) is 6.04. The number of aromatic nitrogens is 5. The Labute approximate surface area is 311 Å². The Morgan fingerprint density at radius 1 is 0.963 bits per heavy atom. The Balaban J connectivity index is 1.56. The molecule has 54 heavy (non-hydrogen) atoms. The van der Waals surface area contributed by atoms with Crippen LogP contribution < -0.4 is 19.9 Å². The van der Waals surface area contributed by atoms with Gasteiger partial charge >= 0.3 is 11.7 Å². The highest BCUT2D eigenvalue weighted by atomic mass is 16.5. The van der Waals surface area contributed by atoms with E-state index < -0.39 is 17.4 Å². The number of imidazole rings is 1. The first-order valence-corrected chi connectivity index (χ1v) is 17.4. The minimum Gasteiger partial charge on any atom is -0.508 e. The van der Waals surface area contributed by atoms with Crippen LogP contribution in [0.1, 0.15) is 44.5 Å². The molecule has 3 heterocycles. The van der Waals surface area contributed by atoms with Crippen molar-refractivity contribution in [1.82, 2.24) is 34.2 Å². The summed E-state index contributed by atoms with van der Waals surface area (Å²) in [6.07, 6.45) is 0.983. The molecule has 1 saturated heterocycles. The monoisotopic (exact) mass is 751 g/mol. The van der Waals surface area contributed by atoms with Crippen LogP contribution >= 0.6 is 0 Å². The number of carbonyl (C=O) groups is 3. The molecule has 0 unspecified atom stereocenters. The van der Waals surface area contributed by atoms with E-state index in [0.29, 0.717) is 37.7 Å². The molecule has 18 nitrogen and oxygen atoms in total. The largest absolute Gasteiger partial charge is 0.508 e. The molecule has 0 bridgehead atoms. The number of methoxy groups -OCH3 is 3. The number of morpholine rings is 1. The number of hydrogen-bond acceptors (Lipinski definition) is 15. The molecule has 1 aliphatic heterocycles. The van der Waals surface area contributed by atoms with Crippen molar-refractivity contribution in [1.29, 1.82) is 0 Å². The normalized spacial score (nSPS) is 13.2. The molecule has 0 atom stereocenters. The Morgan fingerprint density at radius 3 is 2.35 bits per heavy atom. The maximum Gasteiger partial charge on any atom is 0.366 e. The topological polar surface area (TPSA) is 198 Å². The molecule has 1 amide bonds. The summed E-state index contributed by atoms with van der Waals surface area (Å²) in [5.41, 5.74) is -0.698. The molecule has 0 saturated carbocycles. The Hall–Kier alpha value is -5.43. The molecule has 1 aliphatic rings. The van der Waals surface area contributed by atoms with Crippen LogP contribution in [0.2, 0.25) is 0 Å². The lowest BCUT2D eigenvalue weighted by molar-refractivity contribution is -0.131. The number of hydrogen-bond donors (Lipinski definition) is 1. The summed E-state index contributed by atoms with van der Waals surface area (Å²) >= 11 is 0. The molecule has 2 aromatic carbocycles. The standard InChI is InChI=1S/C36H45N7O11/c1-6-24-25(20-30(45)42(12-14-49-3)13-15-50-4)31(29(21-26(24)44)54-35(47)32-34-38-39-40(2)36(48)43(34)22-37-32)33(46)23-7-8-27(28(19-23)51-5)53-18-11-41-9-16-52-17-10-41/h7-8,19,21-22,44H,6,9-18,20H2,1-5H3. The number of amides is 1. The van der Waals surface area contributed by atoms with E-state index in [0.717, 1.165) is 34.6 Å². The Morgan fingerprint density at radius 2 is 1.69 bits per heavy atom. The minimum atomic E-state index is -1.08. The third-order valence-electron chi connectivity index (χ3n) is 8.97. The van der Waals surface area contributed by atoms with Gasteiger partial charge in [0.1, 0.15) is 24.4 Å². The van der Waals surface area contributed by atoms with Gasteiger partial charge in [-0.1, -0.05) is 12.1 Å². The van der Waals surface area contributed by atoms with E-state index in [2.05, 4.69) is 20.2 Å². The first kappa shape index (κ1) is 39.8. The van der Waals surface area contributed by atoms with Crippen LogP contribution in [0.5, 0.6) is 23.0 Å². The number of aromatic hydroxyl groups is 1. The molecule has 4 aromatic rings. The number of phenols is 1. The lowest BCUT2D eigenvalue weighted by Crippen LogP contribution is -2.38. The summed E-state index contributed by atoms with van der Waals surface area (Å²) in [7, 11) is 5.87. The van der Waals surface area contributed by atoms with Crippen LogP contribution in [0.3, 0.4) is 0 Å². The third-order valence-corrected chi connectivity index (χ3v) is 8.97. The van der Waals surface area contributed by atoms with Gasteiger partial charge in [0.15, 0.2) is 28.6 Å². The van der Waals surface area contributed by atoms with Crippen LogP contribution in [-0.2, 0) is 38.9 Å². The van der Waals surface area contributed by atoms with Crippen molar-refractivity contribution < 1.29 is 47.9 Å². The van der Waals surface area contributed by atoms with Gasteiger partial charge in [-0.05, 0) is 35.7 Å². The van der Waals surface area contributed by atoms with Gasteiger partial charge in [0.2, 0.25) is 5.91 Å². The fraction of sp³-hybridized carbons (Fsp3) is 0.472. The lowest BCUT2D eigenvalue weighted by atomic mass is 9.89. The zero-order valence-electron chi connectivity index (χ0n) is 31.0. The van der Waals surface area contributed by atoms with Crippen LogP contribution in [0.4, 0.5) is 0 Å². The summed E-state index contributed by atoms with van der Waals surface area (Å²) in [6.45, 7) is 6.70. The third kappa shape index (κ3) is 9.02. The molecule has 290 valence electrons. The second-order valence-corrected chi connectivity index (χ2v) is 12.3. The predicted octanol–water partition coefficient (Wildman–Crippen LogP) is 0.925. The fourth-order valence-electron chi connectivity index (χ4n) is 6.04. The van der Waals surface area contributed by atoms with Crippen molar-refractivity contribution in [2.75, 3.05) is 87.1 Å². The quantitative estimate of drug-likeness (QED) is 0.0855. The molecule has 1 fully saturated rings. The highest BCUT2D eigenvalue weighted by Crippen LogP contribution is 2.38. The highest BCUT2D eigenvalue weighted by Gasteiger charge is 2.30. The van der Waals surface area contributed by atoms with Gasteiger partial charge < -0.3 is 38.4 Å². The SMILES string of the molecule is CCc1c(O)cc(OC(=O)c2ncn3c(=O)n(C)nnc23)c(C(=O)c2ccc(OCCN3CCOCC3)c(OC)c2)c1CC(=O)N(CCOC)CCOC. The smallest absolute Gasteiger partial charge is 0.366 e. The maximum absolute atomic E-state index is 14.7. The number of phenolic OH excluding ortho intramolecular Hbond substituents is 1. The maximum atomic E-state index is 14.7. The van der Waals surface area contributed by atoms with Crippen molar-refractivity contribution in [3.8, 4) is 23.0 Å². The second-order valence-electron chi connectivity index (χ2n) is 12.3. The molecular formula is C36H45N7O11. The van der Waals surface area contributed by atoms with Crippen molar-refractivity contribution in [3.63, 3.8) is 0 Å². The summed E-state index contributed by atoms with van der Waals surface area (Å²) < 4.78 is 35.2. The molecule has 18 heteroatoms. The van der Waals surface area contributed by atoms with Gasteiger partial charge in [-0.2, -0.15) is 4.68 Å². The Bertz CT molecular complexity index is 2020. The van der Waals surface area contributed by atoms with Crippen molar-refractivity contribution >= 4 is 23.3 Å². The van der Waals surface area contributed by atoms with E-state index in [4.69, 9.17) is 28.4 Å². The molecule has 0 spiro atoms. The van der Waals surface area contributed by atoms with Crippen LogP contribution in [0, 0.1) is 0 Å². The van der Waals surface area contributed by atoms with Gasteiger partial charge in [0, 0.05) is 65.6 Å². The zero-order valence-corrected chi connectivity index (χ0v) is 31.0. The van der Waals surface area contributed by atoms with Gasteiger partial charge in [0.05, 0.1) is 45.5 Å². The summed E-state index contributed by atoms with van der Waals surface area (Å²) in [6, 6.07) is 5.80. The average Bonchev–Trinajstić information content (AvgIpc) is 3.62. The number of esters is 1. The van der Waals surface area contributed by atoms with Crippen LogP contribution in [0.25, 0.3) is 5.65 Å². The minimum absolute atomic E-state index is 0.128. The number of ketones is 1. The Kier molecular flexibility index (Phi) is 13.7. The van der Waals surface area contributed by atoms with E-state index in [1.54, 1.807) is 19.1 Å². The van der Waals surface area contributed by atoms with Crippen molar-refractivity contribution in [2.24, 2.45) is 7.05 Å². The molecular weight excluding hydrogens is 706 g/mol. The molecule has 5 rings (SSSR count). The first-order chi connectivity index (χ1) is 26.1. The first-order valence-electron chi connectivity index (χ1n) is 17.4. The number of nitrogens with zero attached hydrogens (tertiary/aromatic N) is 7. The zero-order chi connectivity index (χ0) is 38.8. The van der Waals surface area contributed by atoms with E-state index in [1.807, 2.05) is 0 Å². The number of aryl methyl sites for hydroxylation is 1. The molecule has 1 N–H and O–H groups in total. The predicted molar refractivity (Wildman–Crippen MR) is 192 cm³/mol. The van der Waals surface area contributed by atoms with Crippen molar-refractivity contribution in [2.45, 2.75) is 19.8 Å². The van der Waals surface area contributed by atoms with E-state index in [9.17, 15) is 24.3 Å². The molecule has 0 radical (unpaired) electrons. The number of benzene rings is 2. The van der Waals surface area contributed by atoms with Gasteiger partial charge in [0.25, 0.3) is 0 Å². The average molecular weight is 752 g/mol. The van der Waals surface area contributed by atoms with E-state index >= 15 is 0 Å². The number of carbonyl (C=O) groups excluding carboxylic acids is 3. The molecule has 2 aromatic heterocycles. The van der Waals surface area contributed by atoms with Gasteiger partial charge in [-0.15, -0.1) is 5.10 Å². The van der Waals surface area contributed by atoms with Crippen LogP contribution in [0.15, 0.2) is 35.4 Å². The van der Waals surface area contributed by atoms with E-state index in [1.165, 1.54) is 39.3 Å². The van der Waals surface area contributed by atoms with E-state index in [-0.39, 0.29) is 90.3 Å². The highest BCUT2D eigenvalue weighted by molar-refractivity contribution is 6.13.